The van der Waals surface area contributed by atoms with E-state index in [1.54, 1.807) is 24.3 Å². The van der Waals surface area contributed by atoms with E-state index in [9.17, 15) is 9.18 Å². The molecule has 1 amide bonds. The van der Waals surface area contributed by atoms with Crippen molar-refractivity contribution in [1.82, 2.24) is 0 Å². The lowest BCUT2D eigenvalue weighted by Gasteiger charge is -2.07. The third-order valence-corrected chi connectivity index (χ3v) is 2.53. The molecule has 5 heteroatoms. The van der Waals surface area contributed by atoms with Crippen molar-refractivity contribution in [2.45, 2.75) is 0 Å². The molecule has 0 bridgehead atoms. The second-order valence-corrected chi connectivity index (χ2v) is 3.87. The summed E-state index contributed by atoms with van der Waals surface area (Å²) in [6, 6.07) is 11.9. The number of rotatable bonds is 2. The number of carbonyl (C=O) groups excluding carboxylic acids is 1. The molecular weight excluding hydrogens is 245 g/mol. The summed E-state index contributed by atoms with van der Waals surface area (Å²) in [6.45, 7) is 0. The van der Waals surface area contributed by atoms with Gasteiger partial charge in [0.1, 0.15) is 5.82 Å². The van der Waals surface area contributed by atoms with Gasteiger partial charge in [-0.2, -0.15) is 5.26 Å². The van der Waals surface area contributed by atoms with E-state index in [1.807, 2.05) is 6.07 Å². The van der Waals surface area contributed by atoms with E-state index >= 15 is 0 Å². The Morgan fingerprint density at radius 1 is 1.21 bits per heavy atom. The maximum Gasteiger partial charge on any atom is 0.257 e. The number of nitrogens with zero attached hydrogens (tertiary/aromatic N) is 1. The zero-order valence-electron chi connectivity index (χ0n) is 9.85. The third kappa shape index (κ3) is 2.87. The van der Waals surface area contributed by atoms with Gasteiger partial charge in [-0.3, -0.25) is 4.79 Å². The average Bonchev–Trinajstić information content (AvgIpc) is 2.42. The van der Waals surface area contributed by atoms with Crippen molar-refractivity contribution >= 4 is 17.3 Å². The minimum absolute atomic E-state index is 0.0735. The molecule has 0 aliphatic carbocycles. The van der Waals surface area contributed by atoms with Crippen molar-refractivity contribution in [3.8, 4) is 6.07 Å². The fourth-order valence-electron chi connectivity index (χ4n) is 1.55. The summed E-state index contributed by atoms with van der Waals surface area (Å²) in [5.74, 6) is -1.03. The Morgan fingerprint density at radius 2 is 1.89 bits per heavy atom. The summed E-state index contributed by atoms with van der Waals surface area (Å²) < 4.78 is 13.1. The largest absolute Gasteiger partial charge is 0.398 e. The molecule has 0 heterocycles. The Labute approximate surface area is 109 Å². The Bertz CT molecular complexity index is 659. The number of hydrogen-bond donors (Lipinski definition) is 2. The van der Waals surface area contributed by atoms with Crippen LogP contribution in [-0.4, -0.2) is 5.91 Å². The Hall–Kier alpha value is -2.87. The maximum atomic E-state index is 13.1. The molecule has 0 spiro atoms. The van der Waals surface area contributed by atoms with E-state index in [0.717, 1.165) is 6.07 Å². The average molecular weight is 255 g/mol. The van der Waals surface area contributed by atoms with Crippen molar-refractivity contribution in [1.29, 1.82) is 5.26 Å². The van der Waals surface area contributed by atoms with Crippen LogP contribution >= 0.6 is 0 Å². The Balaban J connectivity index is 2.21. The highest BCUT2D eigenvalue weighted by atomic mass is 19.1. The van der Waals surface area contributed by atoms with Gasteiger partial charge < -0.3 is 11.1 Å². The van der Waals surface area contributed by atoms with Crippen molar-refractivity contribution < 1.29 is 9.18 Å². The number of carbonyl (C=O) groups is 1. The topological polar surface area (TPSA) is 78.9 Å². The summed E-state index contributed by atoms with van der Waals surface area (Å²) in [5.41, 5.74) is 6.89. The van der Waals surface area contributed by atoms with Gasteiger partial charge in [0, 0.05) is 11.4 Å². The van der Waals surface area contributed by atoms with Crippen LogP contribution < -0.4 is 11.1 Å². The fraction of sp³-hybridized carbons (Fsp3) is 0. The number of nitrogen functional groups attached to an aromatic ring is 1. The summed E-state index contributed by atoms with van der Waals surface area (Å²) >= 11 is 0. The second kappa shape index (κ2) is 5.19. The zero-order chi connectivity index (χ0) is 13.8. The van der Waals surface area contributed by atoms with E-state index < -0.39 is 11.7 Å². The Kier molecular flexibility index (Phi) is 3.44. The first kappa shape index (κ1) is 12.6. The molecular formula is C14H10FN3O. The van der Waals surface area contributed by atoms with Gasteiger partial charge in [0.15, 0.2) is 0 Å². The van der Waals surface area contributed by atoms with Crippen molar-refractivity contribution in [3.63, 3.8) is 0 Å². The number of hydrogen-bond acceptors (Lipinski definition) is 3. The minimum atomic E-state index is -0.529. The predicted molar refractivity (Wildman–Crippen MR) is 69.9 cm³/mol. The zero-order valence-corrected chi connectivity index (χ0v) is 9.85. The molecule has 0 atom stereocenters. The summed E-state index contributed by atoms with van der Waals surface area (Å²) in [4.78, 5) is 11.9. The lowest BCUT2D eigenvalue weighted by atomic mass is 10.1. The molecule has 0 radical (unpaired) electrons. The number of nitrogens with one attached hydrogen (secondary N) is 1. The number of anilines is 2. The quantitative estimate of drug-likeness (QED) is 0.809. The standard InChI is InChI=1S/C14H10FN3O/c15-10-3-6-13(17)12(7-10)14(19)18-11-4-1-9(8-16)2-5-11/h1-7H,17H2,(H,18,19). The normalized spacial score (nSPS) is 9.68. The minimum Gasteiger partial charge on any atom is -0.398 e. The van der Waals surface area contributed by atoms with Crippen molar-refractivity contribution in [3.05, 3.63) is 59.4 Å². The molecule has 4 nitrogen and oxygen atoms in total. The highest BCUT2D eigenvalue weighted by molar-refractivity contribution is 6.07. The molecule has 0 saturated carbocycles. The Morgan fingerprint density at radius 3 is 2.53 bits per heavy atom. The summed E-state index contributed by atoms with van der Waals surface area (Å²) in [6.07, 6.45) is 0. The third-order valence-electron chi connectivity index (χ3n) is 2.53. The number of benzene rings is 2. The van der Waals surface area contributed by atoms with E-state index in [4.69, 9.17) is 11.0 Å². The van der Waals surface area contributed by atoms with Gasteiger partial charge in [-0.15, -0.1) is 0 Å². The van der Waals surface area contributed by atoms with Crippen LogP contribution in [0.1, 0.15) is 15.9 Å². The summed E-state index contributed by atoms with van der Waals surface area (Å²) in [7, 11) is 0. The smallest absolute Gasteiger partial charge is 0.257 e. The molecule has 94 valence electrons. The molecule has 0 unspecified atom stereocenters. The van der Waals surface area contributed by atoms with Gasteiger partial charge in [-0.25, -0.2) is 4.39 Å². The van der Waals surface area contributed by atoms with Gasteiger partial charge in [-0.1, -0.05) is 0 Å². The molecule has 0 aliphatic heterocycles. The highest BCUT2D eigenvalue weighted by Crippen LogP contribution is 2.16. The summed E-state index contributed by atoms with van der Waals surface area (Å²) in [5, 5.41) is 11.2. The van der Waals surface area contributed by atoms with Crippen LogP contribution in [0, 0.1) is 17.1 Å². The molecule has 2 rings (SSSR count). The first-order chi connectivity index (χ1) is 9.10. The van der Waals surface area contributed by atoms with E-state index in [2.05, 4.69) is 5.32 Å². The predicted octanol–water partition coefficient (Wildman–Crippen LogP) is 2.53. The van der Waals surface area contributed by atoms with Crippen LogP contribution in [0.4, 0.5) is 15.8 Å². The molecule has 0 saturated heterocycles. The van der Waals surface area contributed by atoms with Crippen LogP contribution in [0.2, 0.25) is 0 Å². The lowest BCUT2D eigenvalue weighted by Crippen LogP contribution is -2.14. The monoisotopic (exact) mass is 255 g/mol. The number of amides is 1. The first-order valence-corrected chi connectivity index (χ1v) is 5.46. The molecule has 19 heavy (non-hydrogen) atoms. The number of halogens is 1. The highest BCUT2D eigenvalue weighted by Gasteiger charge is 2.11. The molecule has 0 aromatic heterocycles. The van der Waals surface area contributed by atoms with Gasteiger partial charge in [0.25, 0.3) is 5.91 Å². The van der Waals surface area contributed by atoms with Crippen LogP contribution in [0.5, 0.6) is 0 Å². The fourth-order valence-corrected chi connectivity index (χ4v) is 1.55. The molecule has 0 aliphatic rings. The van der Waals surface area contributed by atoms with Crippen LogP contribution in [0.25, 0.3) is 0 Å². The van der Waals surface area contributed by atoms with E-state index in [0.29, 0.717) is 11.3 Å². The van der Waals surface area contributed by atoms with E-state index in [1.165, 1.54) is 12.1 Å². The molecule has 0 fully saturated rings. The van der Waals surface area contributed by atoms with Gasteiger partial charge in [-0.05, 0) is 42.5 Å². The van der Waals surface area contributed by atoms with Crippen LogP contribution in [-0.2, 0) is 0 Å². The lowest BCUT2D eigenvalue weighted by molar-refractivity contribution is 0.102. The van der Waals surface area contributed by atoms with Crippen LogP contribution in [0.3, 0.4) is 0 Å². The SMILES string of the molecule is N#Cc1ccc(NC(=O)c2cc(F)ccc2N)cc1. The van der Waals surface area contributed by atoms with Gasteiger partial charge in [0.2, 0.25) is 0 Å². The number of nitrogens with two attached hydrogens (primary N) is 1. The molecule has 2 aromatic rings. The first-order valence-electron chi connectivity index (χ1n) is 5.46. The molecule has 3 N–H and O–H groups in total. The van der Waals surface area contributed by atoms with Crippen molar-refractivity contribution in [2.75, 3.05) is 11.1 Å². The number of nitriles is 1. The van der Waals surface area contributed by atoms with Gasteiger partial charge >= 0.3 is 0 Å². The maximum absolute atomic E-state index is 13.1. The second-order valence-electron chi connectivity index (χ2n) is 3.87. The molecule has 2 aromatic carbocycles. The van der Waals surface area contributed by atoms with Gasteiger partial charge in [0.05, 0.1) is 17.2 Å². The van der Waals surface area contributed by atoms with Crippen molar-refractivity contribution in [2.24, 2.45) is 0 Å². The van der Waals surface area contributed by atoms with E-state index in [-0.39, 0.29) is 11.3 Å². The van der Waals surface area contributed by atoms with Crippen LogP contribution in [0.15, 0.2) is 42.5 Å².